The van der Waals surface area contributed by atoms with E-state index < -0.39 is 23.6 Å². The van der Waals surface area contributed by atoms with Crippen molar-refractivity contribution in [3.8, 4) is 0 Å². The largest absolute Gasteiger partial charge is 0.480 e. The Morgan fingerprint density at radius 1 is 1.12 bits per heavy atom. The molecule has 0 spiro atoms. The lowest BCUT2D eigenvalue weighted by Gasteiger charge is -2.27. The van der Waals surface area contributed by atoms with E-state index in [2.05, 4.69) is 6.58 Å². The monoisotopic (exact) mass is 233 g/mol. The zero-order chi connectivity index (χ0) is 12.7. The molecule has 0 aliphatic heterocycles. The van der Waals surface area contributed by atoms with Crippen LogP contribution >= 0.6 is 0 Å². The summed E-state index contributed by atoms with van der Waals surface area (Å²) in [5, 5.41) is 35.0. The Hall–Kier alpha value is -1.44. The van der Waals surface area contributed by atoms with Crippen molar-refractivity contribution in [2.45, 2.75) is 6.04 Å². The van der Waals surface area contributed by atoms with Crippen LogP contribution in [-0.4, -0.2) is 69.6 Å². The number of carboxylic acid groups (broad SMARTS) is 2. The molecule has 7 heteroatoms. The fourth-order valence-corrected chi connectivity index (χ4v) is 1.27. The van der Waals surface area contributed by atoms with E-state index in [0.717, 1.165) is 4.90 Å². The first-order valence-corrected chi connectivity index (χ1v) is 4.56. The Morgan fingerprint density at radius 2 is 1.56 bits per heavy atom. The smallest absolute Gasteiger partial charge is 0.333 e. The average Bonchev–Trinajstić information content (AvgIpc) is 2.17. The van der Waals surface area contributed by atoms with Crippen molar-refractivity contribution >= 4 is 11.9 Å². The van der Waals surface area contributed by atoms with E-state index >= 15 is 0 Å². The molecule has 0 aromatic rings. The molecule has 0 amide bonds. The number of hydrogen-bond acceptors (Lipinski definition) is 5. The molecule has 92 valence electrons. The standard InChI is InChI=1S/C9H15NO6/c1-6(8(13)14)7(9(15)16)10(2-4-11)3-5-12/h7,11-12H,1-5H2,(H,13,14)(H,15,16). The molecule has 0 heterocycles. The van der Waals surface area contributed by atoms with Gasteiger partial charge in [-0.05, 0) is 0 Å². The van der Waals surface area contributed by atoms with Gasteiger partial charge in [-0.1, -0.05) is 6.58 Å². The summed E-state index contributed by atoms with van der Waals surface area (Å²) in [5.74, 6) is -2.80. The Morgan fingerprint density at radius 3 is 1.81 bits per heavy atom. The van der Waals surface area contributed by atoms with Gasteiger partial charge in [0.2, 0.25) is 0 Å². The van der Waals surface area contributed by atoms with E-state index in [4.69, 9.17) is 20.4 Å². The second-order valence-corrected chi connectivity index (χ2v) is 3.05. The molecule has 0 fully saturated rings. The van der Waals surface area contributed by atoms with Crippen molar-refractivity contribution in [1.29, 1.82) is 0 Å². The maximum absolute atomic E-state index is 10.9. The van der Waals surface area contributed by atoms with Crippen LogP contribution in [0.1, 0.15) is 0 Å². The second-order valence-electron chi connectivity index (χ2n) is 3.05. The first-order valence-electron chi connectivity index (χ1n) is 4.56. The van der Waals surface area contributed by atoms with Gasteiger partial charge >= 0.3 is 11.9 Å². The molecule has 0 aliphatic rings. The zero-order valence-electron chi connectivity index (χ0n) is 8.67. The molecule has 0 aromatic carbocycles. The summed E-state index contributed by atoms with van der Waals surface area (Å²) in [7, 11) is 0. The van der Waals surface area contributed by atoms with Crippen molar-refractivity contribution in [1.82, 2.24) is 4.90 Å². The fourth-order valence-electron chi connectivity index (χ4n) is 1.27. The number of carbonyl (C=O) groups is 2. The van der Waals surface area contributed by atoms with Crippen LogP contribution in [-0.2, 0) is 9.59 Å². The molecule has 1 unspecified atom stereocenters. The topological polar surface area (TPSA) is 118 Å². The van der Waals surface area contributed by atoms with Crippen LogP contribution in [0, 0.1) is 0 Å². The normalized spacial score (nSPS) is 12.4. The van der Waals surface area contributed by atoms with Crippen LogP contribution < -0.4 is 0 Å². The first-order chi connectivity index (χ1) is 7.45. The molecule has 4 N–H and O–H groups in total. The minimum atomic E-state index is -1.45. The third-order valence-corrected chi connectivity index (χ3v) is 1.98. The van der Waals surface area contributed by atoms with Gasteiger partial charge in [-0.25, -0.2) is 4.79 Å². The minimum Gasteiger partial charge on any atom is -0.480 e. The molecule has 0 radical (unpaired) electrons. The van der Waals surface area contributed by atoms with E-state index in [0.29, 0.717) is 0 Å². The SMILES string of the molecule is C=C(C(=O)O)C(C(=O)O)N(CCO)CCO. The molecule has 0 saturated heterocycles. The Bertz CT molecular complexity index is 271. The van der Waals surface area contributed by atoms with Gasteiger partial charge in [0.15, 0.2) is 0 Å². The molecular formula is C9H15NO6. The first kappa shape index (κ1) is 14.6. The van der Waals surface area contributed by atoms with Crippen LogP contribution in [0.25, 0.3) is 0 Å². The van der Waals surface area contributed by atoms with Crippen molar-refractivity contribution in [2.75, 3.05) is 26.3 Å². The summed E-state index contributed by atoms with van der Waals surface area (Å²) in [5.41, 5.74) is -0.505. The Kier molecular flexibility index (Phi) is 6.31. The molecule has 16 heavy (non-hydrogen) atoms. The molecule has 0 rings (SSSR count). The van der Waals surface area contributed by atoms with Gasteiger partial charge in [-0.15, -0.1) is 0 Å². The number of nitrogens with zero attached hydrogens (tertiary/aromatic N) is 1. The maximum Gasteiger partial charge on any atom is 0.333 e. The molecular weight excluding hydrogens is 218 g/mol. The van der Waals surface area contributed by atoms with Gasteiger partial charge in [-0.3, -0.25) is 9.69 Å². The van der Waals surface area contributed by atoms with Gasteiger partial charge in [0.05, 0.1) is 18.8 Å². The minimum absolute atomic E-state index is 0.0518. The van der Waals surface area contributed by atoms with E-state index in [1.807, 2.05) is 0 Å². The predicted molar refractivity (Wildman–Crippen MR) is 53.9 cm³/mol. The van der Waals surface area contributed by atoms with Gasteiger partial charge in [0, 0.05) is 13.1 Å². The quantitative estimate of drug-likeness (QED) is 0.371. The summed E-state index contributed by atoms with van der Waals surface area (Å²) in [6.45, 7) is 2.40. The van der Waals surface area contributed by atoms with Crippen molar-refractivity contribution in [3.63, 3.8) is 0 Å². The van der Waals surface area contributed by atoms with Crippen molar-refractivity contribution < 1.29 is 30.0 Å². The van der Waals surface area contributed by atoms with E-state index in [9.17, 15) is 9.59 Å². The highest BCUT2D eigenvalue weighted by Gasteiger charge is 2.31. The average molecular weight is 233 g/mol. The van der Waals surface area contributed by atoms with Gasteiger partial charge in [0.25, 0.3) is 0 Å². The van der Waals surface area contributed by atoms with Crippen LogP contribution in [0.2, 0.25) is 0 Å². The molecule has 0 saturated carbocycles. The second kappa shape index (κ2) is 6.94. The van der Waals surface area contributed by atoms with E-state index in [-0.39, 0.29) is 26.3 Å². The van der Waals surface area contributed by atoms with Gasteiger partial charge in [-0.2, -0.15) is 0 Å². The van der Waals surface area contributed by atoms with Crippen LogP contribution in [0.4, 0.5) is 0 Å². The number of rotatable bonds is 8. The van der Waals surface area contributed by atoms with E-state index in [1.54, 1.807) is 0 Å². The van der Waals surface area contributed by atoms with Crippen LogP contribution in [0.5, 0.6) is 0 Å². The van der Waals surface area contributed by atoms with Crippen molar-refractivity contribution in [2.24, 2.45) is 0 Å². The third-order valence-electron chi connectivity index (χ3n) is 1.98. The lowest BCUT2D eigenvalue weighted by Crippen LogP contribution is -2.46. The molecule has 7 nitrogen and oxygen atoms in total. The lowest BCUT2D eigenvalue weighted by molar-refractivity contribution is -0.145. The summed E-state index contributed by atoms with van der Waals surface area (Å²) in [6.07, 6.45) is 0. The summed E-state index contributed by atoms with van der Waals surface area (Å²) in [6, 6.07) is -1.45. The highest BCUT2D eigenvalue weighted by Crippen LogP contribution is 2.09. The number of hydrogen-bond donors (Lipinski definition) is 4. The molecule has 0 bridgehead atoms. The highest BCUT2D eigenvalue weighted by atomic mass is 16.4. The van der Waals surface area contributed by atoms with E-state index in [1.165, 1.54) is 0 Å². The van der Waals surface area contributed by atoms with Crippen LogP contribution in [0.15, 0.2) is 12.2 Å². The summed E-state index contributed by atoms with van der Waals surface area (Å²) < 4.78 is 0. The fraction of sp³-hybridized carbons (Fsp3) is 0.556. The maximum atomic E-state index is 10.9. The number of aliphatic hydroxyl groups excluding tert-OH is 2. The van der Waals surface area contributed by atoms with Gasteiger partial charge in [0.1, 0.15) is 6.04 Å². The summed E-state index contributed by atoms with van der Waals surface area (Å²) in [4.78, 5) is 22.7. The highest BCUT2D eigenvalue weighted by molar-refractivity contribution is 5.95. The summed E-state index contributed by atoms with van der Waals surface area (Å²) >= 11 is 0. The number of carboxylic acids is 2. The molecule has 0 aromatic heterocycles. The molecule has 0 aliphatic carbocycles. The lowest BCUT2D eigenvalue weighted by atomic mass is 10.1. The Balaban J connectivity index is 4.90. The van der Waals surface area contributed by atoms with Gasteiger partial charge < -0.3 is 20.4 Å². The van der Waals surface area contributed by atoms with Crippen LogP contribution in [0.3, 0.4) is 0 Å². The number of aliphatic carboxylic acids is 2. The zero-order valence-corrected chi connectivity index (χ0v) is 8.67. The molecule has 1 atom stereocenters. The third kappa shape index (κ3) is 3.97. The predicted octanol–water partition coefficient (Wildman–Crippen LogP) is -1.63. The Labute approximate surface area is 92.2 Å². The number of aliphatic hydroxyl groups is 2. The van der Waals surface area contributed by atoms with Crippen molar-refractivity contribution in [3.05, 3.63) is 12.2 Å².